The molecule has 1 aromatic carbocycles. The normalized spacial score (nSPS) is 27.0. The zero-order valence-corrected chi connectivity index (χ0v) is 18.9. The SMILES string of the molecule is O=S(=O)(N1Cc2cc(-n3cccn3)ccc2N(Cc2cnc[nH]2)[C@H](C23CC(C2)C3)C1)C(F)(F)F. The molecule has 7 rings (SSSR count). The van der Waals surface area contributed by atoms with E-state index < -0.39 is 15.5 Å². The second-order valence-corrected chi connectivity index (χ2v) is 11.5. The highest BCUT2D eigenvalue weighted by Crippen LogP contribution is 2.67. The smallest absolute Gasteiger partial charge is 0.361 e. The first kappa shape index (κ1) is 21.7. The van der Waals surface area contributed by atoms with Crippen molar-refractivity contribution in [1.82, 2.24) is 24.1 Å². The third kappa shape index (κ3) is 3.26. The average molecular weight is 493 g/mol. The van der Waals surface area contributed by atoms with Gasteiger partial charge in [0.2, 0.25) is 0 Å². The predicted octanol–water partition coefficient (Wildman–Crippen LogP) is 3.44. The number of nitrogens with zero attached hydrogens (tertiary/aromatic N) is 5. The van der Waals surface area contributed by atoms with E-state index in [4.69, 9.17) is 0 Å². The van der Waals surface area contributed by atoms with Gasteiger partial charge in [0.25, 0.3) is 0 Å². The summed E-state index contributed by atoms with van der Waals surface area (Å²) < 4.78 is 68.6. The number of imidazole rings is 1. The third-order valence-electron chi connectivity index (χ3n) is 7.56. The fraction of sp³-hybridized carbons (Fsp3) is 0.455. The maximum Gasteiger partial charge on any atom is 0.511 e. The van der Waals surface area contributed by atoms with Crippen LogP contribution >= 0.6 is 0 Å². The van der Waals surface area contributed by atoms with Crippen LogP contribution in [0.25, 0.3) is 5.69 Å². The fourth-order valence-corrected chi connectivity index (χ4v) is 6.75. The number of aromatic amines is 1. The number of rotatable bonds is 5. The summed E-state index contributed by atoms with van der Waals surface area (Å²) in [7, 11) is -5.51. The van der Waals surface area contributed by atoms with Gasteiger partial charge in [-0.2, -0.15) is 22.6 Å². The number of anilines is 1. The van der Waals surface area contributed by atoms with E-state index >= 15 is 0 Å². The van der Waals surface area contributed by atoms with Crippen LogP contribution in [0.2, 0.25) is 0 Å². The standard InChI is InChI=1S/C22H23F3N6O2S/c23-22(24,25)34(32,33)29-11-16-6-18(31-5-1-4-28-31)2-3-19(16)30(12-17-10-26-14-27-17)20(13-29)21-7-15(8-21)9-21/h1-6,10,14-15,20H,7-9,11-13H2,(H,26,27)/t15?,20-,21?/m0/s1. The number of H-pyrrole nitrogens is 1. The minimum Gasteiger partial charge on any atom is -0.361 e. The molecule has 180 valence electrons. The summed E-state index contributed by atoms with van der Waals surface area (Å²) in [5.74, 6) is 0.589. The Balaban J connectivity index is 1.49. The summed E-state index contributed by atoms with van der Waals surface area (Å²) in [5, 5.41) is 4.21. The molecule has 8 nitrogen and oxygen atoms in total. The quantitative estimate of drug-likeness (QED) is 0.590. The number of alkyl halides is 3. The van der Waals surface area contributed by atoms with Crippen LogP contribution in [-0.4, -0.2) is 50.6 Å². The zero-order valence-electron chi connectivity index (χ0n) is 18.1. The van der Waals surface area contributed by atoms with Gasteiger partial charge in [0.15, 0.2) is 0 Å². The molecule has 0 spiro atoms. The van der Waals surface area contributed by atoms with Gasteiger partial charge in [-0.15, -0.1) is 0 Å². The lowest BCUT2D eigenvalue weighted by atomic mass is 9.41. The number of benzene rings is 1. The van der Waals surface area contributed by atoms with Gasteiger partial charge in [-0.3, -0.25) is 0 Å². The van der Waals surface area contributed by atoms with Gasteiger partial charge in [-0.05, 0) is 60.4 Å². The molecule has 3 aromatic rings. The van der Waals surface area contributed by atoms with Gasteiger partial charge in [-0.1, -0.05) is 0 Å². The largest absolute Gasteiger partial charge is 0.511 e. The molecule has 0 amide bonds. The molecule has 1 atom stereocenters. The maximum absolute atomic E-state index is 13.7. The molecule has 12 heteroatoms. The van der Waals surface area contributed by atoms with Gasteiger partial charge in [0.1, 0.15) is 0 Å². The minimum absolute atomic E-state index is 0.174. The summed E-state index contributed by atoms with van der Waals surface area (Å²) in [5.41, 5.74) is -2.83. The number of fused-ring (bicyclic) bond motifs is 1. The first-order valence-corrected chi connectivity index (χ1v) is 12.5. The highest BCUT2D eigenvalue weighted by molar-refractivity contribution is 7.89. The lowest BCUT2D eigenvalue weighted by Gasteiger charge is -2.67. The van der Waals surface area contributed by atoms with Crippen LogP contribution in [0.5, 0.6) is 0 Å². The van der Waals surface area contributed by atoms with Crippen molar-refractivity contribution >= 4 is 15.7 Å². The third-order valence-corrected chi connectivity index (χ3v) is 9.10. The van der Waals surface area contributed by atoms with Crippen LogP contribution in [0, 0.1) is 11.3 Å². The van der Waals surface area contributed by atoms with Gasteiger partial charge in [0.05, 0.1) is 24.3 Å². The summed E-state index contributed by atoms with van der Waals surface area (Å²) in [4.78, 5) is 9.24. The molecule has 3 aliphatic carbocycles. The van der Waals surface area contributed by atoms with Crippen LogP contribution in [0.4, 0.5) is 18.9 Å². The summed E-state index contributed by atoms with van der Waals surface area (Å²) >= 11 is 0. The Kier molecular flexibility index (Phi) is 4.66. The van der Waals surface area contributed by atoms with Gasteiger partial charge < -0.3 is 9.88 Å². The molecule has 0 radical (unpaired) electrons. The Morgan fingerprint density at radius 3 is 2.59 bits per heavy atom. The fourth-order valence-electron chi connectivity index (χ4n) is 5.81. The zero-order chi connectivity index (χ0) is 23.7. The Morgan fingerprint density at radius 1 is 1.21 bits per heavy atom. The average Bonchev–Trinajstić information content (AvgIpc) is 3.39. The van der Waals surface area contributed by atoms with Crippen LogP contribution in [0.1, 0.15) is 30.5 Å². The van der Waals surface area contributed by atoms with E-state index in [0.717, 1.165) is 30.6 Å². The number of hydrogen-bond donors (Lipinski definition) is 1. The van der Waals surface area contributed by atoms with E-state index in [1.54, 1.807) is 41.7 Å². The summed E-state index contributed by atoms with van der Waals surface area (Å²) in [6.07, 6.45) is 9.33. The van der Waals surface area contributed by atoms with E-state index in [-0.39, 0.29) is 24.5 Å². The molecule has 1 N–H and O–H groups in total. The van der Waals surface area contributed by atoms with Crippen LogP contribution in [-0.2, 0) is 23.1 Å². The molecule has 2 bridgehead atoms. The Bertz CT molecular complexity index is 1290. The van der Waals surface area contributed by atoms with Gasteiger partial charge in [-0.25, -0.2) is 18.1 Å². The molecule has 0 unspecified atom stereocenters. The Morgan fingerprint density at radius 2 is 2.00 bits per heavy atom. The van der Waals surface area contributed by atoms with E-state index in [2.05, 4.69) is 20.0 Å². The number of hydrogen-bond acceptors (Lipinski definition) is 5. The highest BCUT2D eigenvalue weighted by Gasteiger charge is 2.63. The van der Waals surface area contributed by atoms with Crippen molar-refractivity contribution in [1.29, 1.82) is 0 Å². The summed E-state index contributed by atoms with van der Waals surface area (Å²) in [6, 6.07) is 6.82. The van der Waals surface area contributed by atoms with Crippen molar-refractivity contribution in [2.24, 2.45) is 11.3 Å². The van der Waals surface area contributed by atoms with E-state index in [9.17, 15) is 21.6 Å². The van der Waals surface area contributed by atoms with Gasteiger partial charge >= 0.3 is 15.5 Å². The molecule has 4 aliphatic rings. The van der Waals surface area contributed by atoms with E-state index in [0.29, 0.717) is 28.0 Å². The number of sulfonamides is 1. The monoisotopic (exact) mass is 492 g/mol. The Labute approximate surface area is 194 Å². The lowest BCUT2D eigenvalue weighted by molar-refractivity contribution is -0.129. The second kappa shape index (κ2) is 7.32. The highest BCUT2D eigenvalue weighted by atomic mass is 32.2. The van der Waals surface area contributed by atoms with Crippen molar-refractivity contribution in [3.05, 3.63) is 60.4 Å². The maximum atomic E-state index is 13.7. The van der Waals surface area contributed by atoms with E-state index in [1.807, 2.05) is 12.1 Å². The molecule has 3 heterocycles. The first-order valence-electron chi connectivity index (χ1n) is 11.1. The molecule has 3 fully saturated rings. The summed E-state index contributed by atoms with van der Waals surface area (Å²) in [6.45, 7) is -0.179. The Hall–Kier alpha value is -2.86. The molecule has 34 heavy (non-hydrogen) atoms. The molecular formula is C22H23F3N6O2S. The van der Waals surface area contributed by atoms with E-state index in [1.165, 1.54) is 0 Å². The van der Waals surface area contributed by atoms with Crippen molar-refractivity contribution in [3.8, 4) is 5.69 Å². The second-order valence-electron chi connectivity index (χ2n) is 9.57. The molecule has 3 saturated carbocycles. The van der Waals surface area contributed by atoms with Crippen LogP contribution < -0.4 is 4.90 Å². The molecule has 1 aliphatic heterocycles. The topological polar surface area (TPSA) is 87.1 Å². The first-order chi connectivity index (χ1) is 16.2. The minimum atomic E-state index is -5.51. The van der Waals surface area contributed by atoms with Crippen molar-refractivity contribution < 1.29 is 21.6 Å². The molecule has 0 saturated heterocycles. The predicted molar refractivity (Wildman–Crippen MR) is 117 cm³/mol. The lowest BCUT2D eigenvalue weighted by Crippen LogP contribution is -2.66. The van der Waals surface area contributed by atoms with Crippen molar-refractivity contribution in [2.45, 2.75) is 43.9 Å². The van der Waals surface area contributed by atoms with Crippen LogP contribution in [0.15, 0.2) is 49.2 Å². The van der Waals surface area contributed by atoms with Crippen molar-refractivity contribution in [3.63, 3.8) is 0 Å². The van der Waals surface area contributed by atoms with Crippen molar-refractivity contribution in [2.75, 3.05) is 11.4 Å². The molecular weight excluding hydrogens is 469 g/mol. The number of halogens is 3. The van der Waals surface area contributed by atoms with Crippen LogP contribution in [0.3, 0.4) is 0 Å². The number of aromatic nitrogens is 4. The molecule has 2 aromatic heterocycles. The van der Waals surface area contributed by atoms with Gasteiger partial charge in [0, 0.05) is 43.4 Å². The number of nitrogens with one attached hydrogen (secondary N) is 1.